The van der Waals surface area contributed by atoms with Crippen LogP contribution in [0.5, 0.6) is 11.8 Å². The van der Waals surface area contributed by atoms with Gasteiger partial charge in [-0.05, 0) is 11.4 Å². The van der Waals surface area contributed by atoms with Crippen LogP contribution in [0.4, 0.5) is 4.79 Å². The van der Waals surface area contributed by atoms with Crippen LogP contribution in [-0.2, 0) is 6.54 Å². The maximum Gasteiger partial charge on any atom is 0.317 e. The third-order valence-electron chi connectivity index (χ3n) is 3.54. The lowest BCUT2D eigenvalue weighted by Gasteiger charge is -2.17. The molecule has 1 N–H and O–H groups in total. The first-order valence-corrected chi connectivity index (χ1v) is 8.22. The zero-order valence-corrected chi connectivity index (χ0v) is 13.6. The van der Waals surface area contributed by atoms with E-state index in [1.54, 1.807) is 28.4 Å². The highest BCUT2D eigenvalue weighted by Crippen LogP contribution is 2.17. The quantitative estimate of drug-likeness (QED) is 0.904. The summed E-state index contributed by atoms with van der Waals surface area (Å²) in [5.74, 6) is 0.884. The first-order valence-electron chi connectivity index (χ1n) is 7.34. The lowest BCUT2D eigenvalue weighted by Crippen LogP contribution is -2.38. The fraction of sp³-hybridized carbons (Fsp3) is 0.400. The topological polar surface area (TPSA) is 76.6 Å². The van der Waals surface area contributed by atoms with Gasteiger partial charge in [0.1, 0.15) is 6.10 Å². The second kappa shape index (κ2) is 7.28. The van der Waals surface area contributed by atoms with Crippen LogP contribution in [0.3, 0.4) is 0 Å². The van der Waals surface area contributed by atoms with Crippen molar-refractivity contribution in [1.82, 2.24) is 20.4 Å². The van der Waals surface area contributed by atoms with Crippen LogP contribution >= 0.6 is 11.3 Å². The lowest BCUT2D eigenvalue weighted by atomic mass is 10.3. The molecule has 3 heterocycles. The van der Waals surface area contributed by atoms with E-state index in [9.17, 15) is 4.79 Å². The number of carbonyl (C=O) groups is 1. The van der Waals surface area contributed by atoms with Crippen LogP contribution in [0.2, 0.25) is 0 Å². The average Bonchev–Trinajstić information content (AvgIpc) is 3.25. The Morgan fingerprint density at radius 1 is 1.39 bits per heavy atom. The SMILES string of the molecule is COc1ccc(O[C@@H]2CCN(C(=O)NCc3cccs3)C2)nn1. The molecule has 122 valence electrons. The number of nitrogens with zero attached hydrogens (tertiary/aromatic N) is 3. The lowest BCUT2D eigenvalue weighted by molar-refractivity contribution is 0.181. The maximum absolute atomic E-state index is 12.1. The normalized spacial score (nSPS) is 17.1. The Morgan fingerprint density at radius 2 is 2.22 bits per heavy atom. The number of hydrogen-bond donors (Lipinski definition) is 1. The van der Waals surface area contributed by atoms with Crippen LogP contribution in [0, 0.1) is 0 Å². The molecule has 1 aliphatic rings. The predicted molar refractivity (Wildman–Crippen MR) is 85.7 cm³/mol. The van der Waals surface area contributed by atoms with Crippen molar-refractivity contribution in [3.05, 3.63) is 34.5 Å². The van der Waals surface area contributed by atoms with E-state index in [-0.39, 0.29) is 12.1 Å². The average molecular weight is 334 g/mol. The van der Waals surface area contributed by atoms with E-state index in [1.807, 2.05) is 17.5 Å². The summed E-state index contributed by atoms with van der Waals surface area (Å²) in [6.45, 7) is 1.77. The Bertz CT molecular complexity index is 633. The molecular formula is C15H18N4O3S. The molecule has 2 amide bonds. The first-order chi connectivity index (χ1) is 11.2. The molecule has 1 atom stereocenters. The summed E-state index contributed by atoms with van der Waals surface area (Å²) in [5.41, 5.74) is 0. The number of methoxy groups -OCH3 is 1. The van der Waals surface area contributed by atoms with E-state index in [2.05, 4.69) is 15.5 Å². The summed E-state index contributed by atoms with van der Waals surface area (Å²) in [7, 11) is 1.54. The molecule has 0 unspecified atom stereocenters. The Kier molecular flexibility index (Phi) is 4.92. The molecule has 3 rings (SSSR count). The number of urea groups is 1. The minimum atomic E-state index is -0.0646. The Hall–Kier alpha value is -2.35. The van der Waals surface area contributed by atoms with E-state index < -0.39 is 0 Å². The fourth-order valence-corrected chi connectivity index (χ4v) is 2.99. The second-order valence-corrected chi connectivity index (χ2v) is 6.16. The number of aromatic nitrogens is 2. The molecule has 0 radical (unpaired) electrons. The summed E-state index contributed by atoms with van der Waals surface area (Å²) < 4.78 is 10.7. The monoisotopic (exact) mass is 334 g/mol. The number of thiophene rings is 1. The number of rotatable bonds is 5. The predicted octanol–water partition coefficient (Wildman–Crippen LogP) is 1.91. The smallest absolute Gasteiger partial charge is 0.317 e. The zero-order valence-electron chi connectivity index (χ0n) is 12.8. The van der Waals surface area contributed by atoms with E-state index in [0.717, 1.165) is 11.3 Å². The minimum absolute atomic E-state index is 0.0645. The summed E-state index contributed by atoms with van der Waals surface area (Å²) in [5, 5.41) is 12.7. The molecule has 7 nitrogen and oxygen atoms in total. The van der Waals surface area contributed by atoms with Gasteiger partial charge in [-0.1, -0.05) is 6.07 Å². The molecule has 8 heteroatoms. The largest absolute Gasteiger partial charge is 0.480 e. The van der Waals surface area contributed by atoms with Gasteiger partial charge in [0.15, 0.2) is 0 Å². The molecule has 0 bridgehead atoms. The summed E-state index contributed by atoms with van der Waals surface area (Å²) in [4.78, 5) is 15.0. The van der Waals surface area contributed by atoms with Gasteiger partial charge in [-0.15, -0.1) is 21.5 Å². The molecule has 1 saturated heterocycles. The molecule has 0 saturated carbocycles. The molecule has 0 aliphatic carbocycles. The molecular weight excluding hydrogens is 316 g/mol. The molecule has 23 heavy (non-hydrogen) atoms. The maximum atomic E-state index is 12.1. The summed E-state index contributed by atoms with van der Waals surface area (Å²) in [6, 6.07) is 7.32. The molecule has 2 aromatic heterocycles. The van der Waals surface area contributed by atoms with Crippen molar-refractivity contribution in [3.8, 4) is 11.8 Å². The van der Waals surface area contributed by atoms with E-state index in [0.29, 0.717) is 31.4 Å². The van der Waals surface area contributed by atoms with Crippen molar-refractivity contribution < 1.29 is 14.3 Å². The zero-order chi connectivity index (χ0) is 16.1. The van der Waals surface area contributed by atoms with Gasteiger partial charge in [-0.25, -0.2) is 4.79 Å². The van der Waals surface area contributed by atoms with Gasteiger partial charge in [0.25, 0.3) is 0 Å². The number of nitrogens with one attached hydrogen (secondary N) is 1. The van der Waals surface area contributed by atoms with Gasteiger partial charge in [0.05, 0.1) is 20.2 Å². The van der Waals surface area contributed by atoms with Gasteiger partial charge in [-0.2, -0.15) is 0 Å². The Labute approximate surface area is 138 Å². The van der Waals surface area contributed by atoms with Crippen molar-refractivity contribution in [1.29, 1.82) is 0 Å². The third kappa shape index (κ3) is 4.10. The Balaban J connectivity index is 1.46. The van der Waals surface area contributed by atoms with Crippen molar-refractivity contribution in [2.45, 2.75) is 19.1 Å². The van der Waals surface area contributed by atoms with Gasteiger partial charge in [0.2, 0.25) is 11.8 Å². The van der Waals surface area contributed by atoms with E-state index >= 15 is 0 Å². The minimum Gasteiger partial charge on any atom is -0.480 e. The van der Waals surface area contributed by atoms with Crippen molar-refractivity contribution in [3.63, 3.8) is 0 Å². The number of ether oxygens (including phenoxy) is 2. The van der Waals surface area contributed by atoms with Crippen LogP contribution < -0.4 is 14.8 Å². The molecule has 0 spiro atoms. The fourth-order valence-electron chi connectivity index (χ4n) is 2.35. The molecule has 2 aromatic rings. The summed E-state index contributed by atoms with van der Waals surface area (Å²) in [6.07, 6.45) is 0.713. The number of carbonyl (C=O) groups excluding carboxylic acids is 1. The number of hydrogen-bond acceptors (Lipinski definition) is 6. The Morgan fingerprint density at radius 3 is 2.91 bits per heavy atom. The molecule has 0 aromatic carbocycles. The van der Waals surface area contributed by atoms with Gasteiger partial charge in [-0.3, -0.25) is 0 Å². The van der Waals surface area contributed by atoms with E-state index in [4.69, 9.17) is 9.47 Å². The molecule has 1 fully saturated rings. The van der Waals surface area contributed by atoms with Crippen LogP contribution in [-0.4, -0.2) is 47.4 Å². The highest BCUT2D eigenvalue weighted by atomic mass is 32.1. The van der Waals surface area contributed by atoms with Gasteiger partial charge >= 0.3 is 6.03 Å². The van der Waals surface area contributed by atoms with Gasteiger partial charge in [0, 0.05) is 30.0 Å². The highest BCUT2D eigenvalue weighted by Gasteiger charge is 2.27. The van der Waals surface area contributed by atoms with Crippen LogP contribution in [0.1, 0.15) is 11.3 Å². The number of amides is 2. The van der Waals surface area contributed by atoms with Gasteiger partial charge < -0.3 is 19.7 Å². The van der Waals surface area contributed by atoms with Crippen LogP contribution in [0.15, 0.2) is 29.6 Å². The second-order valence-electron chi connectivity index (χ2n) is 5.13. The molecule has 1 aliphatic heterocycles. The van der Waals surface area contributed by atoms with Crippen LogP contribution in [0.25, 0.3) is 0 Å². The highest BCUT2D eigenvalue weighted by molar-refractivity contribution is 7.09. The van der Waals surface area contributed by atoms with Crippen molar-refractivity contribution in [2.75, 3.05) is 20.2 Å². The van der Waals surface area contributed by atoms with Crippen molar-refractivity contribution in [2.24, 2.45) is 0 Å². The third-order valence-corrected chi connectivity index (χ3v) is 4.41. The summed E-state index contributed by atoms with van der Waals surface area (Å²) >= 11 is 1.63. The van der Waals surface area contributed by atoms with Crippen molar-refractivity contribution >= 4 is 17.4 Å². The first kappa shape index (κ1) is 15.5. The standard InChI is InChI=1S/C15H18N4O3S/c1-21-13-4-5-14(18-17-13)22-11-6-7-19(10-11)15(20)16-9-12-3-2-8-23-12/h2-5,8,11H,6-7,9-10H2,1H3,(H,16,20)/t11-/m1/s1. The van der Waals surface area contributed by atoms with E-state index in [1.165, 1.54) is 7.11 Å². The number of likely N-dealkylation sites (tertiary alicyclic amines) is 1.